The van der Waals surface area contributed by atoms with Gasteiger partial charge in [0.05, 0.1) is 3.23 Å². The monoisotopic (exact) mass is 315 g/mol. The van der Waals surface area contributed by atoms with E-state index in [1.165, 1.54) is 18.8 Å². The Balaban J connectivity index is 1.76. The zero-order valence-corrected chi connectivity index (χ0v) is 10.8. The van der Waals surface area contributed by atoms with Gasteiger partial charge in [0.15, 0.2) is 0 Å². The van der Waals surface area contributed by atoms with Gasteiger partial charge in [0.25, 0.3) is 0 Å². The quantitative estimate of drug-likeness (QED) is 0.719. The van der Waals surface area contributed by atoms with Crippen molar-refractivity contribution in [3.05, 3.63) is 30.3 Å². The van der Waals surface area contributed by atoms with Crippen molar-refractivity contribution in [2.45, 2.75) is 3.23 Å². The number of fused-ring (bicyclic) bond motifs is 1. The molecule has 2 fully saturated rings. The van der Waals surface area contributed by atoms with Gasteiger partial charge in [-0.15, -0.1) is 0 Å². The molecule has 1 aliphatic heterocycles. The Kier molecular flexibility index (Phi) is 1.97. The highest BCUT2D eigenvalue weighted by molar-refractivity contribution is 9.25. The second-order valence-electron chi connectivity index (χ2n) is 4.13. The molecule has 0 spiro atoms. The van der Waals surface area contributed by atoms with Crippen molar-refractivity contribution in [3.8, 4) is 0 Å². The van der Waals surface area contributed by atoms with Crippen LogP contribution >= 0.6 is 31.9 Å². The Morgan fingerprint density at radius 3 is 2.21 bits per heavy atom. The van der Waals surface area contributed by atoms with Crippen LogP contribution in [0.1, 0.15) is 0 Å². The van der Waals surface area contributed by atoms with Gasteiger partial charge in [0.2, 0.25) is 0 Å². The fourth-order valence-corrected chi connectivity index (χ4v) is 3.95. The van der Waals surface area contributed by atoms with Crippen LogP contribution in [-0.2, 0) is 0 Å². The minimum absolute atomic E-state index is 0.255. The minimum Gasteiger partial charge on any atom is -0.371 e. The molecule has 3 heteroatoms. The summed E-state index contributed by atoms with van der Waals surface area (Å²) in [6, 6.07) is 10.7. The lowest BCUT2D eigenvalue weighted by atomic mass is 10.3. The Hall–Kier alpha value is -0.0200. The summed E-state index contributed by atoms with van der Waals surface area (Å²) in [4.78, 5) is 2.47. The summed E-state index contributed by atoms with van der Waals surface area (Å²) >= 11 is 7.44. The second kappa shape index (κ2) is 2.99. The van der Waals surface area contributed by atoms with Gasteiger partial charge in [-0.05, 0) is 12.1 Å². The standard InChI is InChI=1S/C11H11Br2N/c12-11(13)9-6-14(7-10(9)11)8-4-2-1-3-5-8/h1-5,9-10H,6-7H2/t9-,10+. The van der Waals surface area contributed by atoms with Gasteiger partial charge in [0, 0.05) is 30.6 Å². The Labute approximate surface area is 101 Å². The molecule has 14 heavy (non-hydrogen) atoms. The zero-order chi connectivity index (χ0) is 9.76. The van der Waals surface area contributed by atoms with Crippen LogP contribution < -0.4 is 4.90 Å². The van der Waals surface area contributed by atoms with E-state index < -0.39 is 0 Å². The molecule has 3 rings (SSSR count). The number of hydrogen-bond donors (Lipinski definition) is 0. The van der Waals surface area contributed by atoms with E-state index in [0.717, 1.165) is 11.8 Å². The third-order valence-electron chi connectivity index (χ3n) is 3.32. The van der Waals surface area contributed by atoms with Gasteiger partial charge < -0.3 is 4.90 Å². The van der Waals surface area contributed by atoms with Crippen LogP contribution in [-0.4, -0.2) is 16.3 Å². The molecule has 0 bridgehead atoms. The van der Waals surface area contributed by atoms with Gasteiger partial charge >= 0.3 is 0 Å². The minimum atomic E-state index is 0.255. The first-order chi connectivity index (χ1) is 6.69. The van der Waals surface area contributed by atoms with Crippen molar-refractivity contribution in [1.82, 2.24) is 0 Å². The molecule has 0 N–H and O–H groups in total. The van der Waals surface area contributed by atoms with Crippen LogP contribution in [0.5, 0.6) is 0 Å². The molecule has 1 aromatic rings. The Morgan fingerprint density at radius 1 is 1.07 bits per heavy atom. The summed E-state index contributed by atoms with van der Waals surface area (Å²) in [6.45, 7) is 2.34. The lowest BCUT2D eigenvalue weighted by Crippen LogP contribution is -2.25. The summed E-state index contributed by atoms with van der Waals surface area (Å²) in [5.74, 6) is 1.56. The molecule has 2 atom stereocenters. The summed E-state index contributed by atoms with van der Waals surface area (Å²) < 4.78 is 0.255. The molecule has 0 radical (unpaired) electrons. The van der Waals surface area contributed by atoms with Crippen molar-refractivity contribution in [2.75, 3.05) is 18.0 Å². The maximum absolute atomic E-state index is 3.72. The number of piperidine rings is 1. The SMILES string of the molecule is BrC1(Br)[C@@H]2CN(c3ccccc3)C[C@@H]21. The molecule has 0 unspecified atom stereocenters. The normalized spacial score (nSPS) is 32.9. The molecule has 2 aliphatic rings. The molecule has 1 heterocycles. The van der Waals surface area contributed by atoms with E-state index in [4.69, 9.17) is 0 Å². The smallest absolute Gasteiger partial charge is 0.0903 e. The highest BCUT2D eigenvalue weighted by Gasteiger charge is 2.65. The molecule has 0 aromatic heterocycles. The lowest BCUT2D eigenvalue weighted by Gasteiger charge is -2.22. The van der Waals surface area contributed by atoms with Gasteiger partial charge in [-0.1, -0.05) is 50.1 Å². The summed E-state index contributed by atoms with van der Waals surface area (Å²) in [5.41, 5.74) is 1.36. The van der Waals surface area contributed by atoms with Crippen molar-refractivity contribution < 1.29 is 0 Å². The average molecular weight is 317 g/mol. The number of nitrogens with zero attached hydrogens (tertiary/aromatic N) is 1. The maximum Gasteiger partial charge on any atom is 0.0903 e. The first kappa shape index (κ1) is 9.22. The van der Waals surface area contributed by atoms with Gasteiger partial charge in [-0.2, -0.15) is 0 Å². The second-order valence-corrected chi connectivity index (χ2v) is 7.82. The maximum atomic E-state index is 3.72. The van der Waals surface area contributed by atoms with Crippen LogP contribution in [0, 0.1) is 11.8 Å². The summed E-state index contributed by atoms with van der Waals surface area (Å²) in [7, 11) is 0. The summed E-state index contributed by atoms with van der Waals surface area (Å²) in [6.07, 6.45) is 0. The van der Waals surface area contributed by atoms with Crippen LogP contribution in [0.15, 0.2) is 30.3 Å². The van der Waals surface area contributed by atoms with E-state index in [1.54, 1.807) is 0 Å². The number of halogens is 2. The van der Waals surface area contributed by atoms with Crippen molar-refractivity contribution >= 4 is 37.5 Å². The molecule has 1 nitrogen and oxygen atoms in total. The molecule has 1 saturated heterocycles. The van der Waals surface area contributed by atoms with E-state index in [-0.39, 0.29) is 3.23 Å². The number of anilines is 1. The van der Waals surface area contributed by atoms with E-state index in [1.807, 2.05) is 0 Å². The lowest BCUT2D eigenvalue weighted by molar-refractivity contribution is 0.817. The molecule has 1 saturated carbocycles. The van der Waals surface area contributed by atoms with Crippen LogP contribution in [0.2, 0.25) is 0 Å². The number of para-hydroxylation sites is 1. The highest BCUT2D eigenvalue weighted by Crippen LogP contribution is 2.65. The molecule has 0 amide bonds. The largest absolute Gasteiger partial charge is 0.371 e. The number of alkyl halides is 2. The first-order valence-electron chi connectivity index (χ1n) is 4.87. The number of rotatable bonds is 1. The third kappa shape index (κ3) is 1.25. The Bertz CT molecular complexity index is 336. The fourth-order valence-electron chi connectivity index (χ4n) is 2.36. The van der Waals surface area contributed by atoms with Gasteiger partial charge in [0.1, 0.15) is 0 Å². The van der Waals surface area contributed by atoms with E-state index in [2.05, 4.69) is 67.1 Å². The van der Waals surface area contributed by atoms with E-state index in [9.17, 15) is 0 Å². The highest BCUT2D eigenvalue weighted by atomic mass is 79.9. The van der Waals surface area contributed by atoms with Crippen molar-refractivity contribution in [2.24, 2.45) is 11.8 Å². The van der Waals surface area contributed by atoms with Crippen LogP contribution in [0.3, 0.4) is 0 Å². The van der Waals surface area contributed by atoms with Crippen molar-refractivity contribution in [3.63, 3.8) is 0 Å². The van der Waals surface area contributed by atoms with E-state index >= 15 is 0 Å². The molecular formula is C11H11Br2N. The molecule has 1 aliphatic carbocycles. The first-order valence-corrected chi connectivity index (χ1v) is 6.46. The molecular weight excluding hydrogens is 306 g/mol. The van der Waals surface area contributed by atoms with Crippen LogP contribution in [0.25, 0.3) is 0 Å². The number of benzene rings is 1. The predicted octanol–water partition coefficient (Wildman–Crippen LogP) is 3.24. The molecule has 74 valence electrons. The number of hydrogen-bond acceptors (Lipinski definition) is 1. The van der Waals surface area contributed by atoms with E-state index in [0.29, 0.717) is 0 Å². The average Bonchev–Trinajstić information content (AvgIpc) is 2.62. The topological polar surface area (TPSA) is 3.24 Å². The van der Waals surface area contributed by atoms with Crippen LogP contribution in [0.4, 0.5) is 5.69 Å². The predicted molar refractivity (Wildman–Crippen MR) is 66.2 cm³/mol. The molecule has 1 aromatic carbocycles. The van der Waals surface area contributed by atoms with Crippen molar-refractivity contribution in [1.29, 1.82) is 0 Å². The Morgan fingerprint density at radius 2 is 1.64 bits per heavy atom. The zero-order valence-electron chi connectivity index (χ0n) is 7.66. The third-order valence-corrected chi connectivity index (χ3v) is 5.67. The fraction of sp³-hybridized carbons (Fsp3) is 0.455. The van der Waals surface area contributed by atoms with Gasteiger partial charge in [-0.3, -0.25) is 0 Å². The summed E-state index contributed by atoms with van der Waals surface area (Å²) in [5, 5.41) is 0. The van der Waals surface area contributed by atoms with Gasteiger partial charge in [-0.25, -0.2) is 0 Å².